The van der Waals surface area contributed by atoms with Gasteiger partial charge in [0.25, 0.3) is 0 Å². The molecule has 0 N–H and O–H groups in total. The number of ether oxygens (including phenoxy) is 4. The van der Waals surface area contributed by atoms with E-state index in [-0.39, 0.29) is 0 Å². The molecule has 0 aliphatic carbocycles. The molecule has 0 unspecified atom stereocenters. The first-order valence-corrected chi connectivity index (χ1v) is 11.1. The van der Waals surface area contributed by atoms with Crippen LogP contribution in [0.5, 0.6) is 23.0 Å². The fraction of sp³-hybridized carbons (Fsp3) is 0.133. The normalized spacial score (nSPS) is 10.8. The molecule has 0 fully saturated rings. The van der Waals surface area contributed by atoms with E-state index in [1.165, 1.54) is 0 Å². The van der Waals surface area contributed by atoms with Crippen LogP contribution in [0.2, 0.25) is 0 Å². The number of methoxy groups -OCH3 is 2. The van der Waals surface area contributed by atoms with E-state index in [2.05, 4.69) is 0 Å². The molecule has 0 saturated carbocycles. The fourth-order valence-electron chi connectivity index (χ4n) is 3.45. The summed E-state index contributed by atoms with van der Waals surface area (Å²) in [6, 6.07) is 31.9. The average molecular weight is 453 g/mol. The lowest BCUT2D eigenvalue weighted by molar-refractivity contribution is 0.256. The molecule has 0 aliphatic rings. The van der Waals surface area contributed by atoms with Crippen LogP contribution >= 0.6 is 0 Å². The minimum atomic E-state index is 0.461. The SMILES string of the molecule is COc1cc(/C=C/c2ccc(OCc3ccccc3)c(OCc3ccccc3)c2)cc(OC)c1. The van der Waals surface area contributed by atoms with Crippen LogP contribution in [-0.2, 0) is 13.2 Å². The maximum Gasteiger partial charge on any atom is 0.162 e. The molecule has 172 valence electrons. The van der Waals surface area contributed by atoms with Crippen molar-refractivity contribution < 1.29 is 18.9 Å². The number of rotatable bonds is 10. The van der Waals surface area contributed by atoms with E-state index in [4.69, 9.17) is 18.9 Å². The van der Waals surface area contributed by atoms with Crippen LogP contribution in [0.1, 0.15) is 22.3 Å². The first kappa shape index (κ1) is 23.0. The van der Waals surface area contributed by atoms with Crippen LogP contribution in [0.25, 0.3) is 12.2 Å². The van der Waals surface area contributed by atoms with Gasteiger partial charge in [-0.05, 0) is 46.5 Å². The number of hydrogen-bond donors (Lipinski definition) is 0. The second kappa shape index (κ2) is 11.6. The molecule has 0 heterocycles. The lowest BCUT2D eigenvalue weighted by atomic mass is 10.1. The van der Waals surface area contributed by atoms with Gasteiger partial charge in [-0.3, -0.25) is 0 Å². The number of hydrogen-bond acceptors (Lipinski definition) is 4. The monoisotopic (exact) mass is 452 g/mol. The van der Waals surface area contributed by atoms with Gasteiger partial charge in [-0.1, -0.05) is 78.9 Å². The van der Waals surface area contributed by atoms with E-state index in [1.54, 1.807) is 14.2 Å². The molecule has 0 radical (unpaired) electrons. The van der Waals surface area contributed by atoms with Crippen LogP contribution in [-0.4, -0.2) is 14.2 Å². The molecule has 0 aromatic heterocycles. The molecule has 4 aromatic rings. The molecule has 34 heavy (non-hydrogen) atoms. The van der Waals surface area contributed by atoms with Crippen LogP contribution < -0.4 is 18.9 Å². The topological polar surface area (TPSA) is 36.9 Å². The molecule has 4 rings (SSSR count). The zero-order valence-electron chi connectivity index (χ0n) is 19.4. The largest absolute Gasteiger partial charge is 0.497 e. The summed E-state index contributed by atoms with van der Waals surface area (Å²) in [4.78, 5) is 0. The highest BCUT2D eigenvalue weighted by Gasteiger charge is 2.08. The Kier molecular flexibility index (Phi) is 7.86. The molecule has 4 aromatic carbocycles. The van der Waals surface area contributed by atoms with E-state index in [1.807, 2.05) is 109 Å². The Bertz CT molecular complexity index is 1200. The van der Waals surface area contributed by atoms with Crippen molar-refractivity contribution in [3.8, 4) is 23.0 Å². The fourth-order valence-corrected chi connectivity index (χ4v) is 3.45. The van der Waals surface area contributed by atoms with E-state index in [0.717, 1.165) is 33.8 Å². The summed E-state index contributed by atoms with van der Waals surface area (Å²) in [5.41, 5.74) is 4.18. The van der Waals surface area contributed by atoms with Crippen LogP contribution in [0.4, 0.5) is 0 Å². The molecule has 0 aliphatic heterocycles. The molecule has 0 spiro atoms. The van der Waals surface area contributed by atoms with Crippen LogP contribution in [0.3, 0.4) is 0 Å². The predicted octanol–water partition coefficient (Wildman–Crippen LogP) is 7.03. The van der Waals surface area contributed by atoms with Gasteiger partial charge in [-0.25, -0.2) is 0 Å². The zero-order valence-corrected chi connectivity index (χ0v) is 19.4. The molecule has 0 saturated heterocycles. The zero-order chi connectivity index (χ0) is 23.6. The van der Waals surface area contributed by atoms with Gasteiger partial charge in [0, 0.05) is 6.07 Å². The lowest BCUT2D eigenvalue weighted by Crippen LogP contribution is -2.00. The van der Waals surface area contributed by atoms with Crippen molar-refractivity contribution in [1.29, 1.82) is 0 Å². The van der Waals surface area contributed by atoms with E-state index < -0.39 is 0 Å². The van der Waals surface area contributed by atoms with Crippen molar-refractivity contribution in [2.24, 2.45) is 0 Å². The van der Waals surface area contributed by atoms with Crippen LogP contribution in [0.15, 0.2) is 97.1 Å². The summed E-state index contributed by atoms with van der Waals surface area (Å²) in [6.45, 7) is 0.935. The van der Waals surface area contributed by atoms with Crippen molar-refractivity contribution in [3.63, 3.8) is 0 Å². The summed E-state index contributed by atoms with van der Waals surface area (Å²) in [5, 5.41) is 0. The van der Waals surface area contributed by atoms with Gasteiger partial charge < -0.3 is 18.9 Å². The van der Waals surface area contributed by atoms with E-state index in [0.29, 0.717) is 24.7 Å². The molecule has 4 heteroatoms. The summed E-state index contributed by atoms with van der Waals surface area (Å²) in [5.74, 6) is 2.90. The van der Waals surface area contributed by atoms with Gasteiger partial charge in [0.05, 0.1) is 14.2 Å². The van der Waals surface area contributed by atoms with Crippen molar-refractivity contribution >= 4 is 12.2 Å². The maximum absolute atomic E-state index is 6.18. The molecule has 0 atom stereocenters. The molecular formula is C30H28O4. The smallest absolute Gasteiger partial charge is 0.162 e. The van der Waals surface area contributed by atoms with Gasteiger partial charge in [0.1, 0.15) is 24.7 Å². The summed E-state index contributed by atoms with van der Waals surface area (Å²) >= 11 is 0. The summed E-state index contributed by atoms with van der Waals surface area (Å²) in [7, 11) is 3.29. The molecular weight excluding hydrogens is 424 g/mol. The van der Waals surface area contributed by atoms with Crippen molar-refractivity contribution in [2.75, 3.05) is 14.2 Å². The quantitative estimate of drug-likeness (QED) is 0.242. The Morgan fingerprint density at radius 2 is 1.06 bits per heavy atom. The first-order chi connectivity index (χ1) is 16.7. The third kappa shape index (κ3) is 6.42. The maximum atomic E-state index is 6.18. The highest BCUT2D eigenvalue weighted by Crippen LogP contribution is 2.31. The summed E-state index contributed by atoms with van der Waals surface area (Å²) < 4.78 is 23.0. The van der Waals surface area contributed by atoms with Gasteiger partial charge in [-0.2, -0.15) is 0 Å². The Hall–Kier alpha value is -4.18. The second-order valence-electron chi connectivity index (χ2n) is 7.73. The van der Waals surface area contributed by atoms with Crippen molar-refractivity contribution in [2.45, 2.75) is 13.2 Å². The van der Waals surface area contributed by atoms with Gasteiger partial charge >= 0.3 is 0 Å². The summed E-state index contributed by atoms with van der Waals surface area (Å²) in [6.07, 6.45) is 4.05. The van der Waals surface area contributed by atoms with E-state index in [9.17, 15) is 0 Å². The standard InChI is InChI=1S/C30H28O4/c1-31-27-17-26(18-28(20-27)32-2)14-13-23-15-16-29(33-21-24-9-5-3-6-10-24)30(19-23)34-22-25-11-7-4-8-12-25/h3-20H,21-22H2,1-2H3/b14-13+. The highest BCUT2D eigenvalue weighted by atomic mass is 16.5. The van der Waals surface area contributed by atoms with E-state index >= 15 is 0 Å². The third-order valence-electron chi connectivity index (χ3n) is 5.28. The van der Waals surface area contributed by atoms with Gasteiger partial charge in [0.15, 0.2) is 11.5 Å². The highest BCUT2D eigenvalue weighted by molar-refractivity contribution is 5.72. The Balaban J connectivity index is 1.56. The molecule has 4 nitrogen and oxygen atoms in total. The molecule has 0 bridgehead atoms. The lowest BCUT2D eigenvalue weighted by Gasteiger charge is -2.14. The second-order valence-corrected chi connectivity index (χ2v) is 7.73. The third-order valence-corrected chi connectivity index (χ3v) is 5.28. The molecule has 0 amide bonds. The number of benzene rings is 4. The van der Waals surface area contributed by atoms with Gasteiger partial charge in [0.2, 0.25) is 0 Å². The Labute approximate surface area is 201 Å². The Morgan fingerprint density at radius 3 is 1.62 bits per heavy atom. The van der Waals surface area contributed by atoms with Gasteiger partial charge in [-0.15, -0.1) is 0 Å². The Morgan fingerprint density at radius 1 is 0.529 bits per heavy atom. The minimum Gasteiger partial charge on any atom is -0.497 e. The predicted molar refractivity (Wildman–Crippen MR) is 136 cm³/mol. The minimum absolute atomic E-state index is 0.461. The van der Waals surface area contributed by atoms with Crippen LogP contribution in [0, 0.1) is 0 Å². The first-order valence-electron chi connectivity index (χ1n) is 11.1. The van der Waals surface area contributed by atoms with Crippen molar-refractivity contribution in [1.82, 2.24) is 0 Å². The average Bonchev–Trinajstić information content (AvgIpc) is 2.91. The van der Waals surface area contributed by atoms with Crippen molar-refractivity contribution in [3.05, 3.63) is 119 Å².